The zero-order chi connectivity index (χ0) is 14.7. The summed E-state index contributed by atoms with van der Waals surface area (Å²) in [6.07, 6.45) is 5.15. The van der Waals surface area contributed by atoms with Crippen molar-refractivity contribution in [3.63, 3.8) is 0 Å². The molecule has 1 unspecified atom stereocenters. The number of pyridine rings is 1. The molecular weight excluding hydrogens is 256 g/mol. The largest absolute Gasteiger partial charge is 0.481 e. The molecule has 3 atom stereocenters. The SMILES string of the molecule is CC(c1ccncc1)N(C)C(=O)[C@@H]1CC[C@H](C(=O)O)C1. The lowest BCUT2D eigenvalue weighted by atomic mass is 10.0. The van der Waals surface area contributed by atoms with Gasteiger partial charge in [0.25, 0.3) is 0 Å². The highest BCUT2D eigenvalue weighted by Crippen LogP contribution is 2.33. The third kappa shape index (κ3) is 2.98. The van der Waals surface area contributed by atoms with Crippen molar-refractivity contribution in [3.05, 3.63) is 30.1 Å². The summed E-state index contributed by atoms with van der Waals surface area (Å²) in [5, 5.41) is 9.01. The number of nitrogens with zero attached hydrogens (tertiary/aromatic N) is 2. The molecule has 1 amide bonds. The van der Waals surface area contributed by atoms with Crippen LogP contribution in [0.5, 0.6) is 0 Å². The zero-order valence-electron chi connectivity index (χ0n) is 11.8. The Hall–Kier alpha value is -1.91. The van der Waals surface area contributed by atoms with E-state index in [4.69, 9.17) is 5.11 Å². The number of aliphatic carboxylic acids is 1. The zero-order valence-corrected chi connectivity index (χ0v) is 11.8. The van der Waals surface area contributed by atoms with Crippen molar-refractivity contribution in [2.24, 2.45) is 11.8 Å². The number of carboxylic acid groups (broad SMARTS) is 1. The Morgan fingerprint density at radius 1 is 1.30 bits per heavy atom. The quantitative estimate of drug-likeness (QED) is 0.914. The van der Waals surface area contributed by atoms with Gasteiger partial charge in [0.05, 0.1) is 12.0 Å². The maximum atomic E-state index is 12.4. The highest BCUT2D eigenvalue weighted by atomic mass is 16.4. The minimum Gasteiger partial charge on any atom is -0.481 e. The first kappa shape index (κ1) is 14.5. The number of hydrogen-bond acceptors (Lipinski definition) is 3. The van der Waals surface area contributed by atoms with E-state index in [1.807, 2.05) is 19.1 Å². The molecule has 1 saturated carbocycles. The van der Waals surface area contributed by atoms with Gasteiger partial charge in [-0.2, -0.15) is 0 Å². The molecule has 1 aliphatic carbocycles. The van der Waals surface area contributed by atoms with Crippen LogP contribution < -0.4 is 0 Å². The molecule has 0 aliphatic heterocycles. The summed E-state index contributed by atoms with van der Waals surface area (Å²) in [5.74, 6) is -1.28. The van der Waals surface area contributed by atoms with E-state index in [2.05, 4.69) is 4.98 Å². The molecule has 0 bridgehead atoms. The van der Waals surface area contributed by atoms with Crippen molar-refractivity contribution >= 4 is 11.9 Å². The van der Waals surface area contributed by atoms with Crippen LogP contribution in [0.15, 0.2) is 24.5 Å². The Morgan fingerprint density at radius 2 is 1.90 bits per heavy atom. The molecule has 0 aromatic carbocycles. The molecule has 1 aliphatic rings. The lowest BCUT2D eigenvalue weighted by Crippen LogP contribution is -2.34. The summed E-state index contributed by atoms with van der Waals surface area (Å²) in [7, 11) is 1.78. The monoisotopic (exact) mass is 276 g/mol. The van der Waals surface area contributed by atoms with E-state index < -0.39 is 5.97 Å². The molecule has 5 nitrogen and oxygen atoms in total. The van der Waals surface area contributed by atoms with Gasteiger partial charge in [0.15, 0.2) is 0 Å². The van der Waals surface area contributed by atoms with Gasteiger partial charge in [0, 0.05) is 25.4 Å². The predicted molar refractivity (Wildman–Crippen MR) is 73.9 cm³/mol. The van der Waals surface area contributed by atoms with E-state index in [1.54, 1.807) is 24.3 Å². The number of amides is 1. The molecule has 5 heteroatoms. The molecule has 1 fully saturated rings. The van der Waals surface area contributed by atoms with Crippen molar-refractivity contribution in [2.45, 2.75) is 32.2 Å². The molecule has 1 aromatic rings. The average Bonchev–Trinajstić information content (AvgIpc) is 2.96. The minimum absolute atomic E-state index is 0.0330. The van der Waals surface area contributed by atoms with Crippen molar-refractivity contribution in [3.8, 4) is 0 Å². The van der Waals surface area contributed by atoms with Crippen LogP contribution in [0.2, 0.25) is 0 Å². The molecule has 1 N–H and O–H groups in total. The number of hydrogen-bond donors (Lipinski definition) is 1. The van der Waals surface area contributed by atoms with Crippen LogP contribution in [0, 0.1) is 11.8 Å². The second kappa shape index (κ2) is 6.03. The predicted octanol–water partition coefficient (Wildman–Crippen LogP) is 2.10. The number of carbonyl (C=O) groups excluding carboxylic acids is 1. The van der Waals surface area contributed by atoms with E-state index in [-0.39, 0.29) is 23.8 Å². The number of aromatic nitrogens is 1. The Bertz CT molecular complexity index is 489. The number of rotatable bonds is 4. The first-order valence-electron chi connectivity index (χ1n) is 6.90. The third-order valence-corrected chi connectivity index (χ3v) is 4.25. The van der Waals surface area contributed by atoms with Gasteiger partial charge in [-0.15, -0.1) is 0 Å². The first-order chi connectivity index (χ1) is 9.50. The molecule has 108 valence electrons. The molecule has 2 rings (SSSR count). The van der Waals surface area contributed by atoms with Crippen molar-refractivity contribution in [2.75, 3.05) is 7.05 Å². The first-order valence-corrected chi connectivity index (χ1v) is 6.90. The number of carboxylic acids is 1. The Balaban J connectivity index is 2.01. The molecule has 1 aromatic heterocycles. The summed E-state index contributed by atoms with van der Waals surface area (Å²) in [6, 6.07) is 3.75. The van der Waals surface area contributed by atoms with Gasteiger partial charge >= 0.3 is 5.97 Å². The van der Waals surface area contributed by atoms with Gasteiger partial charge in [-0.05, 0) is 43.9 Å². The van der Waals surface area contributed by atoms with Gasteiger partial charge < -0.3 is 10.0 Å². The lowest BCUT2D eigenvalue weighted by molar-refractivity contribution is -0.141. The fraction of sp³-hybridized carbons (Fsp3) is 0.533. The third-order valence-electron chi connectivity index (χ3n) is 4.25. The van der Waals surface area contributed by atoms with Crippen molar-refractivity contribution in [1.29, 1.82) is 0 Å². The van der Waals surface area contributed by atoms with Gasteiger partial charge in [-0.1, -0.05) is 0 Å². The van der Waals surface area contributed by atoms with Gasteiger partial charge in [0.1, 0.15) is 0 Å². The molecule has 1 heterocycles. The minimum atomic E-state index is -0.787. The van der Waals surface area contributed by atoms with Gasteiger partial charge in [-0.3, -0.25) is 14.6 Å². The van der Waals surface area contributed by atoms with Crippen LogP contribution in [0.25, 0.3) is 0 Å². The van der Waals surface area contributed by atoms with Gasteiger partial charge in [0.2, 0.25) is 5.91 Å². The van der Waals surface area contributed by atoms with Crippen LogP contribution in [-0.2, 0) is 9.59 Å². The Kier molecular flexibility index (Phi) is 4.37. The van der Waals surface area contributed by atoms with Gasteiger partial charge in [-0.25, -0.2) is 0 Å². The lowest BCUT2D eigenvalue weighted by Gasteiger charge is -2.27. The second-order valence-electron chi connectivity index (χ2n) is 5.45. The van der Waals surface area contributed by atoms with Crippen molar-refractivity contribution in [1.82, 2.24) is 9.88 Å². The van der Waals surface area contributed by atoms with Crippen LogP contribution in [0.1, 0.15) is 37.8 Å². The van der Waals surface area contributed by atoms with E-state index in [9.17, 15) is 9.59 Å². The van der Waals surface area contributed by atoms with E-state index in [0.29, 0.717) is 19.3 Å². The Morgan fingerprint density at radius 3 is 2.45 bits per heavy atom. The fourth-order valence-corrected chi connectivity index (χ4v) is 2.77. The topological polar surface area (TPSA) is 70.5 Å². The van der Waals surface area contributed by atoms with Crippen LogP contribution >= 0.6 is 0 Å². The maximum absolute atomic E-state index is 12.4. The smallest absolute Gasteiger partial charge is 0.306 e. The second-order valence-corrected chi connectivity index (χ2v) is 5.45. The molecular formula is C15H20N2O3. The van der Waals surface area contributed by atoms with E-state index in [1.165, 1.54) is 0 Å². The van der Waals surface area contributed by atoms with E-state index in [0.717, 1.165) is 5.56 Å². The van der Waals surface area contributed by atoms with E-state index >= 15 is 0 Å². The fourth-order valence-electron chi connectivity index (χ4n) is 2.77. The van der Waals surface area contributed by atoms with Crippen LogP contribution in [0.3, 0.4) is 0 Å². The molecule has 0 radical (unpaired) electrons. The normalized spacial score (nSPS) is 23.3. The summed E-state index contributed by atoms with van der Waals surface area (Å²) in [5.41, 5.74) is 1.03. The van der Waals surface area contributed by atoms with Crippen LogP contribution in [0.4, 0.5) is 0 Å². The molecule has 0 saturated heterocycles. The summed E-state index contributed by atoms with van der Waals surface area (Å²) < 4.78 is 0. The van der Waals surface area contributed by atoms with Crippen LogP contribution in [-0.4, -0.2) is 33.9 Å². The highest BCUT2D eigenvalue weighted by Gasteiger charge is 2.36. The molecule has 20 heavy (non-hydrogen) atoms. The standard InChI is InChI=1S/C15H20N2O3/c1-10(11-5-7-16-8-6-11)17(2)14(18)12-3-4-13(9-12)15(19)20/h5-8,10,12-13H,3-4,9H2,1-2H3,(H,19,20)/t10?,12-,13+/m1/s1. The average molecular weight is 276 g/mol. The maximum Gasteiger partial charge on any atom is 0.306 e. The number of carbonyl (C=O) groups is 2. The summed E-state index contributed by atoms with van der Waals surface area (Å²) in [4.78, 5) is 29.1. The molecule has 0 spiro atoms. The van der Waals surface area contributed by atoms with Crippen molar-refractivity contribution < 1.29 is 14.7 Å². The Labute approximate surface area is 118 Å². The highest BCUT2D eigenvalue weighted by molar-refractivity contribution is 5.81. The summed E-state index contributed by atoms with van der Waals surface area (Å²) in [6.45, 7) is 1.97. The summed E-state index contributed by atoms with van der Waals surface area (Å²) >= 11 is 0.